The standard InChI is InChI=1S/C43H37N3O5/c1-26-16-35-36(44-23-33-19-31-11-4-6-13-38(31)46(33)43(35)48)22-39(26)50-24-27-8-7-9-28(17-27)25-51-41-20-29-14-15-32-18-30-10-3-5-12-37(30)45(32)42(47)34(29)21-40(41)49-2/h3-13,16-17,20-23,32-33H,14-15,18-19,24-25H2,1-2H3/t32-,33+/m1/s1. The normalized spacial score (nSPS) is 18.2. The molecule has 2 atom stereocenters. The third kappa shape index (κ3) is 5.42. The van der Waals surface area contributed by atoms with Gasteiger partial charge in [-0.3, -0.25) is 19.5 Å². The summed E-state index contributed by atoms with van der Waals surface area (Å²) in [5.41, 5.74) is 10.1. The number of aryl methyl sites for hydroxylation is 2. The number of amides is 2. The van der Waals surface area contributed by atoms with Crippen molar-refractivity contribution in [3.63, 3.8) is 0 Å². The van der Waals surface area contributed by atoms with Crippen LogP contribution in [0.2, 0.25) is 0 Å². The maximum atomic E-state index is 13.8. The van der Waals surface area contributed by atoms with Crippen LogP contribution in [0.5, 0.6) is 17.2 Å². The van der Waals surface area contributed by atoms with Crippen molar-refractivity contribution in [1.82, 2.24) is 0 Å². The van der Waals surface area contributed by atoms with Gasteiger partial charge in [0, 0.05) is 41.7 Å². The predicted octanol–water partition coefficient (Wildman–Crippen LogP) is 7.97. The summed E-state index contributed by atoms with van der Waals surface area (Å²) in [4.78, 5) is 36.1. The number of hydrogen-bond donors (Lipinski definition) is 0. The molecule has 0 saturated carbocycles. The number of fused-ring (bicyclic) bond motifs is 8. The summed E-state index contributed by atoms with van der Waals surface area (Å²) in [5.74, 6) is 1.83. The van der Waals surface area contributed by atoms with E-state index in [4.69, 9.17) is 19.2 Å². The Morgan fingerprint density at radius 3 is 2.14 bits per heavy atom. The number of carbonyl (C=O) groups excluding carboxylic acids is 2. The third-order valence-electron chi connectivity index (χ3n) is 10.6. The molecule has 0 radical (unpaired) electrons. The molecular formula is C43H37N3O5. The number of para-hydroxylation sites is 2. The fraction of sp³-hybridized carbons (Fsp3) is 0.233. The van der Waals surface area contributed by atoms with E-state index in [1.54, 1.807) is 7.11 Å². The number of carbonyl (C=O) groups is 2. The topological polar surface area (TPSA) is 80.7 Å². The van der Waals surface area contributed by atoms with E-state index in [-0.39, 0.29) is 23.9 Å². The minimum Gasteiger partial charge on any atom is -0.493 e. The number of rotatable bonds is 7. The van der Waals surface area contributed by atoms with Crippen LogP contribution in [0, 0.1) is 6.92 Å². The Balaban J connectivity index is 0.893. The van der Waals surface area contributed by atoms with E-state index >= 15 is 0 Å². The fourth-order valence-corrected chi connectivity index (χ4v) is 8.03. The SMILES string of the molecule is COc1cc2c(cc1OCc1cccc(COc3cc4c(cc3C)C(=O)N3c5ccccc5C[C@H]3C=N4)c1)CC[C@@H]1Cc3ccccc3N1C2=O. The van der Waals surface area contributed by atoms with Crippen LogP contribution >= 0.6 is 0 Å². The number of anilines is 2. The van der Waals surface area contributed by atoms with Crippen LogP contribution in [-0.4, -0.2) is 37.2 Å². The van der Waals surface area contributed by atoms with Gasteiger partial charge in [0.1, 0.15) is 19.0 Å². The van der Waals surface area contributed by atoms with E-state index in [2.05, 4.69) is 18.2 Å². The van der Waals surface area contributed by atoms with Crippen LogP contribution < -0.4 is 24.0 Å². The lowest BCUT2D eigenvalue weighted by Gasteiger charge is -2.23. The van der Waals surface area contributed by atoms with Gasteiger partial charge in [-0.1, -0.05) is 54.6 Å². The highest BCUT2D eigenvalue weighted by Crippen LogP contribution is 2.41. The van der Waals surface area contributed by atoms with E-state index in [1.165, 1.54) is 5.56 Å². The molecule has 4 heterocycles. The van der Waals surface area contributed by atoms with Crippen LogP contribution in [-0.2, 0) is 32.5 Å². The van der Waals surface area contributed by atoms with Crippen LogP contribution in [0.1, 0.15) is 60.5 Å². The lowest BCUT2D eigenvalue weighted by atomic mass is 9.99. The van der Waals surface area contributed by atoms with Gasteiger partial charge < -0.3 is 19.1 Å². The fourth-order valence-electron chi connectivity index (χ4n) is 8.03. The number of aliphatic imine (C=N–C) groups is 1. The van der Waals surface area contributed by atoms with E-state index < -0.39 is 0 Å². The molecule has 0 unspecified atom stereocenters. The van der Waals surface area contributed by atoms with Gasteiger partial charge in [0.2, 0.25) is 0 Å². The van der Waals surface area contributed by atoms with Crippen LogP contribution in [0.3, 0.4) is 0 Å². The average Bonchev–Trinajstić information content (AvgIpc) is 3.65. The average molecular weight is 676 g/mol. The molecule has 9 rings (SSSR count). The van der Waals surface area contributed by atoms with E-state index in [9.17, 15) is 9.59 Å². The summed E-state index contributed by atoms with van der Waals surface area (Å²) in [6, 6.07) is 32.0. The number of benzene rings is 5. The molecular weight excluding hydrogens is 638 g/mol. The van der Waals surface area contributed by atoms with Crippen LogP contribution in [0.25, 0.3) is 0 Å². The Kier molecular flexibility index (Phi) is 7.60. The molecule has 8 nitrogen and oxygen atoms in total. The number of hydrogen-bond acceptors (Lipinski definition) is 6. The van der Waals surface area contributed by atoms with E-state index in [0.29, 0.717) is 47.3 Å². The second kappa shape index (κ2) is 12.5. The molecule has 0 aromatic heterocycles. The van der Waals surface area contributed by atoms with Crippen LogP contribution in [0.4, 0.5) is 17.1 Å². The van der Waals surface area contributed by atoms with Gasteiger partial charge in [0.25, 0.3) is 11.8 Å². The van der Waals surface area contributed by atoms with Crippen molar-refractivity contribution >= 4 is 35.1 Å². The highest BCUT2D eigenvalue weighted by atomic mass is 16.5. The van der Waals surface area contributed by atoms with Crippen molar-refractivity contribution in [2.75, 3.05) is 16.9 Å². The van der Waals surface area contributed by atoms with Crippen molar-refractivity contribution in [3.05, 3.63) is 142 Å². The summed E-state index contributed by atoms with van der Waals surface area (Å²) >= 11 is 0. The van der Waals surface area contributed by atoms with Crippen molar-refractivity contribution < 1.29 is 23.8 Å². The van der Waals surface area contributed by atoms with Gasteiger partial charge in [0.05, 0.1) is 24.4 Å². The van der Waals surface area contributed by atoms with Crippen molar-refractivity contribution in [2.24, 2.45) is 4.99 Å². The van der Waals surface area contributed by atoms with Gasteiger partial charge in [-0.25, -0.2) is 0 Å². The molecule has 0 spiro atoms. The first kappa shape index (κ1) is 31.1. The molecule has 51 heavy (non-hydrogen) atoms. The zero-order valence-corrected chi connectivity index (χ0v) is 28.6. The van der Waals surface area contributed by atoms with Gasteiger partial charge >= 0.3 is 0 Å². The first-order chi connectivity index (χ1) is 24.9. The van der Waals surface area contributed by atoms with Crippen molar-refractivity contribution in [1.29, 1.82) is 0 Å². The molecule has 4 aliphatic rings. The zero-order valence-electron chi connectivity index (χ0n) is 28.6. The summed E-state index contributed by atoms with van der Waals surface area (Å²) in [5, 5.41) is 0. The minimum atomic E-state index is -0.0962. The minimum absolute atomic E-state index is 0.0178. The maximum Gasteiger partial charge on any atom is 0.261 e. The summed E-state index contributed by atoms with van der Waals surface area (Å²) in [7, 11) is 1.61. The molecule has 0 bridgehead atoms. The van der Waals surface area contributed by atoms with E-state index in [0.717, 1.165) is 64.9 Å². The highest BCUT2D eigenvalue weighted by Gasteiger charge is 2.38. The highest BCUT2D eigenvalue weighted by molar-refractivity contribution is 6.14. The Bertz CT molecular complexity index is 2260. The number of ether oxygens (including phenoxy) is 3. The molecule has 2 amide bonds. The van der Waals surface area contributed by atoms with Crippen molar-refractivity contribution in [2.45, 2.75) is 57.9 Å². The number of methoxy groups -OCH3 is 1. The summed E-state index contributed by atoms with van der Waals surface area (Å²) in [6.07, 6.45) is 5.20. The van der Waals surface area contributed by atoms with Gasteiger partial charge in [0.15, 0.2) is 11.5 Å². The quantitative estimate of drug-likeness (QED) is 0.175. The Labute approximate surface area is 296 Å². The predicted molar refractivity (Wildman–Crippen MR) is 197 cm³/mol. The largest absolute Gasteiger partial charge is 0.493 e. The molecule has 5 aromatic rings. The Morgan fingerprint density at radius 1 is 0.686 bits per heavy atom. The second-order valence-electron chi connectivity index (χ2n) is 13.7. The zero-order chi connectivity index (χ0) is 34.6. The Morgan fingerprint density at radius 2 is 1.37 bits per heavy atom. The van der Waals surface area contributed by atoms with Crippen LogP contribution in [0.15, 0.2) is 102 Å². The maximum absolute atomic E-state index is 13.8. The Hall–Kier alpha value is -5.89. The molecule has 0 aliphatic carbocycles. The van der Waals surface area contributed by atoms with Gasteiger partial charge in [-0.05, 0) is 96.0 Å². The molecule has 8 heteroatoms. The first-order valence-corrected chi connectivity index (χ1v) is 17.5. The summed E-state index contributed by atoms with van der Waals surface area (Å²) < 4.78 is 18.4. The van der Waals surface area contributed by atoms with Gasteiger partial charge in [-0.15, -0.1) is 0 Å². The van der Waals surface area contributed by atoms with Crippen molar-refractivity contribution in [3.8, 4) is 17.2 Å². The lowest BCUT2D eigenvalue weighted by molar-refractivity contribution is 0.0975. The molecule has 0 fully saturated rings. The number of nitrogens with zero attached hydrogens (tertiary/aromatic N) is 3. The third-order valence-corrected chi connectivity index (χ3v) is 10.6. The first-order valence-electron chi connectivity index (χ1n) is 17.5. The molecule has 5 aromatic carbocycles. The van der Waals surface area contributed by atoms with E-state index in [1.807, 2.05) is 102 Å². The molecule has 4 aliphatic heterocycles. The smallest absolute Gasteiger partial charge is 0.261 e. The molecule has 254 valence electrons. The molecule has 0 N–H and O–H groups in total. The second-order valence-corrected chi connectivity index (χ2v) is 13.7. The lowest BCUT2D eigenvalue weighted by Crippen LogP contribution is -2.37. The monoisotopic (exact) mass is 675 g/mol. The van der Waals surface area contributed by atoms with Gasteiger partial charge in [-0.2, -0.15) is 0 Å². The molecule has 0 saturated heterocycles. The summed E-state index contributed by atoms with van der Waals surface area (Å²) in [6.45, 7) is 2.63.